The fraction of sp³-hybridized carbons (Fsp3) is 0.429. The molecule has 5 nitrogen and oxygen atoms in total. The number of nitrogens with zero attached hydrogens (tertiary/aromatic N) is 1. The van der Waals surface area contributed by atoms with Crippen LogP contribution in [0, 0.1) is 5.92 Å². The molecule has 1 aliphatic heterocycles. The summed E-state index contributed by atoms with van der Waals surface area (Å²) in [5, 5.41) is 9.01. The van der Waals surface area contributed by atoms with Crippen molar-refractivity contribution < 1.29 is 14.7 Å². The van der Waals surface area contributed by atoms with Gasteiger partial charge in [0, 0.05) is 12.2 Å². The second-order valence-electron chi connectivity index (χ2n) is 5.16. The summed E-state index contributed by atoms with van der Waals surface area (Å²) in [6, 6.07) is 4.33. The van der Waals surface area contributed by atoms with Crippen molar-refractivity contribution in [1.29, 1.82) is 0 Å². The van der Waals surface area contributed by atoms with E-state index in [1.54, 1.807) is 23.1 Å². The van der Waals surface area contributed by atoms with E-state index in [9.17, 15) is 9.59 Å². The number of aromatic carboxylic acids is 1. The summed E-state index contributed by atoms with van der Waals surface area (Å²) in [6.07, 6.45) is 0.742. The fourth-order valence-corrected chi connectivity index (χ4v) is 2.21. The van der Waals surface area contributed by atoms with Crippen molar-refractivity contribution in [2.45, 2.75) is 26.3 Å². The fourth-order valence-electron chi connectivity index (χ4n) is 2.21. The summed E-state index contributed by atoms with van der Waals surface area (Å²) >= 11 is 0. The molecule has 102 valence electrons. The second kappa shape index (κ2) is 5.01. The van der Waals surface area contributed by atoms with Gasteiger partial charge in [-0.2, -0.15) is 0 Å². The minimum absolute atomic E-state index is 0.0548. The van der Waals surface area contributed by atoms with Crippen LogP contribution in [0.4, 0.5) is 5.69 Å². The lowest BCUT2D eigenvalue weighted by atomic mass is 10.0. The first kappa shape index (κ1) is 13.5. The Bertz CT molecular complexity index is 525. The lowest BCUT2D eigenvalue weighted by Gasteiger charge is -2.23. The van der Waals surface area contributed by atoms with Crippen LogP contribution >= 0.6 is 0 Å². The van der Waals surface area contributed by atoms with Gasteiger partial charge in [-0.25, -0.2) is 4.79 Å². The highest BCUT2D eigenvalue weighted by molar-refractivity contribution is 6.00. The van der Waals surface area contributed by atoms with Crippen LogP contribution in [-0.2, 0) is 11.2 Å². The van der Waals surface area contributed by atoms with Crippen molar-refractivity contribution in [2.75, 3.05) is 11.4 Å². The van der Waals surface area contributed by atoms with E-state index in [1.165, 1.54) is 0 Å². The lowest BCUT2D eigenvalue weighted by molar-refractivity contribution is -0.120. The molecule has 1 aromatic carbocycles. The van der Waals surface area contributed by atoms with Crippen molar-refractivity contribution >= 4 is 17.6 Å². The molecule has 0 unspecified atom stereocenters. The molecular formula is C14H18N2O3. The number of carbonyl (C=O) groups is 2. The molecule has 1 aromatic rings. The summed E-state index contributed by atoms with van der Waals surface area (Å²) in [4.78, 5) is 24.9. The third-order valence-electron chi connectivity index (χ3n) is 3.50. The molecule has 1 amide bonds. The van der Waals surface area contributed by atoms with Gasteiger partial charge in [-0.1, -0.05) is 19.9 Å². The van der Waals surface area contributed by atoms with Crippen LogP contribution < -0.4 is 10.6 Å². The topological polar surface area (TPSA) is 83.6 Å². The quantitative estimate of drug-likeness (QED) is 0.859. The van der Waals surface area contributed by atoms with Crippen molar-refractivity contribution in [1.82, 2.24) is 0 Å². The van der Waals surface area contributed by atoms with Crippen molar-refractivity contribution in [2.24, 2.45) is 11.7 Å². The Labute approximate surface area is 112 Å². The minimum Gasteiger partial charge on any atom is -0.478 e. The van der Waals surface area contributed by atoms with Crippen LogP contribution in [0.5, 0.6) is 0 Å². The number of amides is 1. The van der Waals surface area contributed by atoms with Gasteiger partial charge in [-0.15, -0.1) is 0 Å². The SMILES string of the molecule is CC(C)[C@H](N)C(=O)N1CCc2ccc(C(=O)O)cc21. The largest absolute Gasteiger partial charge is 0.478 e. The number of anilines is 1. The minimum atomic E-state index is -0.991. The number of carboxylic acid groups (broad SMARTS) is 1. The predicted molar refractivity (Wildman–Crippen MR) is 72.3 cm³/mol. The third kappa shape index (κ3) is 2.46. The van der Waals surface area contributed by atoms with E-state index in [-0.39, 0.29) is 17.4 Å². The third-order valence-corrected chi connectivity index (χ3v) is 3.50. The normalized spacial score (nSPS) is 15.5. The summed E-state index contributed by atoms with van der Waals surface area (Å²) in [6.45, 7) is 4.36. The number of nitrogens with two attached hydrogens (primary N) is 1. The number of fused-ring (bicyclic) bond motifs is 1. The van der Waals surface area contributed by atoms with E-state index in [1.807, 2.05) is 13.8 Å². The summed E-state index contributed by atoms with van der Waals surface area (Å²) < 4.78 is 0. The summed E-state index contributed by atoms with van der Waals surface area (Å²) in [5.74, 6) is -1.08. The van der Waals surface area contributed by atoms with Gasteiger partial charge in [-0.05, 0) is 30.0 Å². The van der Waals surface area contributed by atoms with Gasteiger partial charge in [-0.3, -0.25) is 4.79 Å². The first-order valence-corrected chi connectivity index (χ1v) is 6.35. The first-order chi connectivity index (χ1) is 8.91. The van der Waals surface area contributed by atoms with Crippen molar-refractivity contribution in [3.63, 3.8) is 0 Å². The Morgan fingerprint density at radius 3 is 2.63 bits per heavy atom. The van der Waals surface area contributed by atoms with Crippen LogP contribution in [0.25, 0.3) is 0 Å². The highest BCUT2D eigenvalue weighted by atomic mass is 16.4. The Hall–Kier alpha value is -1.88. The number of hydrogen-bond donors (Lipinski definition) is 2. The van der Waals surface area contributed by atoms with Crippen molar-refractivity contribution in [3.8, 4) is 0 Å². The van der Waals surface area contributed by atoms with E-state index in [2.05, 4.69) is 0 Å². The molecular weight excluding hydrogens is 244 g/mol. The first-order valence-electron chi connectivity index (χ1n) is 6.35. The van der Waals surface area contributed by atoms with Gasteiger partial charge >= 0.3 is 5.97 Å². The van der Waals surface area contributed by atoms with Gasteiger partial charge < -0.3 is 15.7 Å². The lowest BCUT2D eigenvalue weighted by Crippen LogP contribution is -2.46. The molecule has 19 heavy (non-hydrogen) atoms. The number of benzene rings is 1. The van der Waals surface area contributed by atoms with Gasteiger partial charge in [0.25, 0.3) is 0 Å². The van der Waals surface area contributed by atoms with Gasteiger partial charge in [0.2, 0.25) is 5.91 Å². The average molecular weight is 262 g/mol. The number of carboxylic acids is 1. The number of hydrogen-bond acceptors (Lipinski definition) is 3. The number of rotatable bonds is 3. The molecule has 0 aromatic heterocycles. The smallest absolute Gasteiger partial charge is 0.335 e. The predicted octanol–water partition coefficient (Wildman–Crippen LogP) is 1.26. The molecule has 0 fully saturated rings. The number of carbonyl (C=O) groups excluding carboxylic acids is 1. The Morgan fingerprint density at radius 1 is 1.37 bits per heavy atom. The van der Waals surface area contributed by atoms with Gasteiger partial charge in [0.05, 0.1) is 11.6 Å². The van der Waals surface area contributed by atoms with Crippen LogP contribution in [0.3, 0.4) is 0 Å². The van der Waals surface area contributed by atoms with Crippen LogP contribution in [-0.4, -0.2) is 29.6 Å². The van der Waals surface area contributed by atoms with Gasteiger partial charge in [0.15, 0.2) is 0 Å². The van der Waals surface area contributed by atoms with Crippen LogP contribution in [0.2, 0.25) is 0 Å². The maximum Gasteiger partial charge on any atom is 0.335 e. The molecule has 1 atom stereocenters. The summed E-state index contributed by atoms with van der Waals surface area (Å²) in [7, 11) is 0. The molecule has 0 spiro atoms. The van der Waals surface area contributed by atoms with Crippen LogP contribution in [0.1, 0.15) is 29.8 Å². The van der Waals surface area contributed by atoms with E-state index in [0.717, 1.165) is 12.0 Å². The van der Waals surface area contributed by atoms with Gasteiger partial charge in [0.1, 0.15) is 0 Å². The Balaban J connectivity index is 2.32. The molecule has 0 radical (unpaired) electrons. The zero-order chi connectivity index (χ0) is 14.2. The zero-order valence-electron chi connectivity index (χ0n) is 11.1. The maximum absolute atomic E-state index is 12.3. The summed E-state index contributed by atoms with van der Waals surface area (Å²) in [5.41, 5.74) is 7.75. The molecule has 1 aliphatic rings. The molecule has 5 heteroatoms. The Morgan fingerprint density at radius 2 is 2.05 bits per heavy atom. The average Bonchev–Trinajstić information content (AvgIpc) is 2.79. The van der Waals surface area contributed by atoms with E-state index >= 15 is 0 Å². The van der Waals surface area contributed by atoms with E-state index in [0.29, 0.717) is 12.2 Å². The Kier molecular flexibility index (Phi) is 3.57. The molecule has 3 N–H and O–H groups in total. The molecule has 0 bridgehead atoms. The monoisotopic (exact) mass is 262 g/mol. The molecule has 0 saturated carbocycles. The second-order valence-corrected chi connectivity index (χ2v) is 5.16. The molecule has 0 saturated heterocycles. The maximum atomic E-state index is 12.3. The molecule has 1 heterocycles. The van der Waals surface area contributed by atoms with E-state index in [4.69, 9.17) is 10.8 Å². The zero-order valence-corrected chi connectivity index (χ0v) is 11.1. The molecule has 2 rings (SSSR count). The van der Waals surface area contributed by atoms with Crippen LogP contribution in [0.15, 0.2) is 18.2 Å². The van der Waals surface area contributed by atoms with Crippen molar-refractivity contribution in [3.05, 3.63) is 29.3 Å². The molecule has 0 aliphatic carbocycles. The van der Waals surface area contributed by atoms with E-state index < -0.39 is 12.0 Å². The highest BCUT2D eigenvalue weighted by Gasteiger charge is 2.30. The standard InChI is InChI=1S/C14H18N2O3/c1-8(2)12(15)13(17)16-6-5-9-3-4-10(14(18)19)7-11(9)16/h3-4,7-8,12H,5-6,15H2,1-2H3,(H,18,19)/t12-/m0/s1. The highest BCUT2D eigenvalue weighted by Crippen LogP contribution is 2.30.